The van der Waals surface area contributed by atoms with E-state index in [0.29, 0.717) is 0 Å². The normalized spacial score (nSPS) is 11.1. The summed E-state index contributed by atoms with van der Waals surface area (Å²) in [5.41, 5.74) is 16.2. The Morgan fingerprint density at radius 3 is 1.56 bits per heavy atom. The second kappa shape index (κ2) is 14.5. The Hall–Kier alpha value is -7.10. The molecule has 9 rings (SSSR count). The highest BCUT2D eigenvalue weighted by molar-refractivity contribution is 5.94. The maximum absolute atomic E-state index is 5.96. The van der Waals surface area contributed by atoms with Crippen LogP contribution in [0.1, 0.15) is 0 Å². The third-order valence-electron chi connectivity index (χ3n) is 10.1. The molecule has 0 atom stereocenters. The van der Waals surface area contributed by atoms with Crippen LogP contribution in [0.25, 0.3) is 89.1 Å². The highest BCUT2D eigenvalue weighted by Gasteiger charge is 2.17. The number of para-hydroxylation sites is 1. The molecule has 256 valence electrons. The van der Waals surface area contributed by atoms with Crippen molar-refractivity contribution in [3.8, 4) is 83.9 Å². The summed E-state index contributed by atoms with van der Waals surface area (Å²) < 4.78 is 5.96. The fourth-order valence-electron chi connectivity index (χ4n) is 7.32. The van der Waals surface area contributed by atoms with Crippen molar-refractivity contribution in [2.75, 3.05) is 7.11 Å². The molecule has 2 aromatic heterocycles. The van der Waals surface area contributed by atoms with Gasteiger partial charge < -0.3 is 4.74 Å². The Kier molecular flexibility index (Phi) is 8.80. The standard InChI is InChI=1S/C51H36N2O/c1-54-42-31-40(44-20-10-9-19-43(44)36-24-26-39(27-25-36)50-29-28-38-18-8-13-23-49(38)53-50)30-41(32-42)45-21-11-12-22-46(45)48-34-52-51(37-16-6-3-7-17-37)33-47(48)35-14-4-2-5-15-35/h2-34H,1H3. The smallest absolute Gasteiger partial charge is 0.120 e. The van der Waals surface area contributed by atoms with Crippen molar-refractivity contribution in [3.63, 3.8) is 0 Å². The summed E-state index contributed by atoms with van der Waals surface area (Å²) >= 11 is 0. The molecule has 3 heteroatoms. The van der Waals surface area contributed by atoms with Gasteiger partial charge in [0.1, 0.15) is 5.75 Å². The van der Waals surface area contributed by atoms with Crippen molar-refractivity contribution in [3.05, 3.63) is 200 Å². The molecular formula is C51H36N2O. The fourth-order valence-corrected chi connectivity index (χ4v) is 7.32. The molecule has 3 nitrogen and oxygen atoms in total. The minimum Gasteiger partial charge on any atom is -0.497 e. The van der Waals surface area contributed by atoms with E-state index in [2.05, 4.69) is 176 Å². The number of fused-ring (bicyclic) bond motifs is 1. The molecule has 0 bridgehead atoms. The number of methoxy groups -OCH3 is 1. The lowest BCUT2D eigenvalue weighted by molar-refractivity contribution is 0.415. The van der Waals surface area contributed by atoms with E-state index in [1.165, 1.54) is 0 Å². The molecule has 54 heavy (non-hydrogen) atoms. The van der Waals surface area contributed by atoms with Gasteiger partial charge in [0.25, 0.3) is 0 Å². The van der Waals surface area contributed by atoms with Crippen LogP contribution in [0.4, 0.5) is 0 Å². The average Bonchev–Trinajstić information content (AvgIpc) is 3.26. The Morgan fingerprint density at radius 2 is 0.870 bits per heavy atom. The zero-order valence-corrected chi connectivity index (χ0v) is 29.9. The van der Waals surface area contributed by atoms with E-state index in [4.69, 9.17) is 14.7 Å². The molecule has 0 fully saturated rings. The Bertz CT molecular complexity index is 2740. The summed E-state index contributed by atoms with van der Waals surface area (Å²) in [7, 11) is 1.74. The molecule has 0 spiro atoms. The molecule has 0 N–H and O–H groups in total. The highest BCUT2D eigenvalue weighted by atomic mass is 16.5. The number of hydrogen-bond donors (Lipinski definition) is 0. The molecule has 2 heterocycles. The van der Waals surface area contributed by atoms with Gasteiger partial charge in [-0.3, -0.25) is 4.98 Å². The van der Waals surface area contributed by atoms with Gasteiger partial charge in [0.15, 0.2) is 0 Å². The van der Waals surface area contributed by atoms with Gasteiger partial charge in [0.2, 0.25) is 0 Å². The Balaban J connectivity index is 1.13. The molecule has 0 aliphatic rings. The summed E-state index contributed by atoms with van der Waals surface area (Å²) in [6.45, 7) is 0. The zero-order valence-electron chi connectivity index (χ0n) is 29.9. The van der Waals surface area contributed by atoms with Gasteiger partial charge in [0.05, 0.1) is 24.0 Å². The van der Waals surface area contributed by atoms with Gasteiger partial charge in [-0.1, -0.05) is 158 Å². The summed E-state index contributed by atoms with van der Waals surface area (Å²) in [5, 5.41) is 1.14. The van der Waals surface area contributed by atoms with Crippen molar-refractivity contribution < 1.29 is 4.74 Å². The number of nitrogens with zero attached hydrogens (tertiary/aromatic N) is 2. The van der Waals surface area contributed by atoms with E-state index in [1.54, 1.807) is 7.11 Å². The van der Waals surface area contributed by atoms with Crippen LogP contribution in [-0.2, 0) is 0 Å². The number of hydrogen-bond acceptors (Lipinski definition) is 3. The minimum atomic E-state index is 0.797. The summed E-state index contributed by atoms with van der Waals surface area (Å²) in [4.78, 5) is 9.92. The van der Waals surface area contributed by atoms with Gasteiger partial charge >= 0.3 is 0 Å². The number of benzene rings is 7. The first-order valence-electron chi connectivity index (χ1n) is 18.2. The number of rotatable bonds is 8. The van der Waals surface area contributed by atoms with E-state index in [1.807, 2.05) is 24.4 Å². The molecule has 0 amide bonds. The average molecular weight is 693 g/mol. The lowest BCUT2D eigenvalue weighted by Crippen LogP contribution is -1.94. The van der Waals surface area contributed by atoms with Crippen LogP contribution in [0.3, 0.4) is 0 Å². The van der Waals surface area contributed by atoms with Crippen molar-refractivity contribution in [2.45, 2.75) is 0 Å². The maximum Gasteiger partial charge on any atom is 0.120 e. The van der Waals surface area contributed by atoms with Crippen LogP contribution < -0.4 is 4.74 Å². The van der Waals surface area contributed by atoms with Crippen LogP contribution in [0, 0.1) is 0 Å². The molecule has 0 unspecified atom stereocenters. The largest absolute Gasteiger partial charge is 0.497 e. The first-order chi connectivity index (χ1) is 26.7. The predicted octanol–water partition coefficient (Wildman–Crippen LogP) is 13.3. The molecule has 0 saturated heterocycles. The summed E-state index contributed by atoms with van der Waals surface area (Å²) in [5.74, 6) is 0.797. The van der Waals surface area contributed by atoms with E-state index in [-0.39, 0.29) is 0 Å². The lowest BCUT2D eigenvalue weighted by atomic mass is 9.88. The molecule has 0 radical (unpaired) electrons. The van der Waals surface area contributed by atoms with E-state index >= 15 is 0 Å². The number of pyridine rings is 2. The summed E-state index contributed by atoms with van der Waals surface area (Å²) in [6, 6.07) is 68.1. The SMILES string of the molecule is COc1cc(-c2ccccc2-c2ccc(-c3ccc4ccccc4n3)cc2)cc(-c2ccccc2-c2cnc(-c3ccccc3)cc2-c2ccccc2)c1. The van der Waals surface area contributed by atoms with Crippen LogP contribution in [0.15, 0.2) is 200 Å². The molecule has 7 aromatic carbocycles. The van der Waals surface area contributed by atoms with E-state index in [9.17, 15) is 0 Å². The van der Waals surface area contributed by atoms with Crippen molar-refractivity contribution in [1.82, 2.24) is 9.97 Å². The van der Waals surface area contributed by atoms with Gasteiger partial charge in [-0.05, 0) is 86.5 Å². The van der Waals surface area contributed by atoms with Crippen LogP contribution in [-0.4, -0.2) is 17.1 Å². The maximum atomic E-state index is 5.96. The highest BCUT2D eigenvalue weighted by Crippen LogP contribution is 2.42. The van der Waals surface area contributed by atoms with E-state index < -0.39 is 0 Å². The quantitative estimate of drug-likeness (QED) is 0.159. The van der Waals surface area contributed by atoms with E-state index in [0.717, 1.165) is 94.8 Å². The van der Waals surface area contributed by atoms with Gasteiger partial charge in [-0.25, -0.2) is 4.98 Å². The third-order valence-corrected chi connectivity index (χ3v) is 10.1. The molecule has 0 aliphatic heterocycles. The third kappa shape index (κ3) is 6.44. The monoisotopic (exact) mass is 692 g/mol. The zero-order chi connectivity index (χ0) is 36.3. The minimum absolute atomic E-state index is 0.797. The lowest BCUT2D eigenvalue weighted by Gasteiger charge is -2.18. The Morgan fingerprint density at radius 1 is 0.352 bits per heavy atom. The van der Waals surface area contributed by atoms with Crippen LogP contribution >= 0.6 is 0 Å². The van der Waals surface area contributed by atoms with Crippen molar-refractivity contribution in [1.29, 1.82) is 0 Å². The first kappa shape index (κ1) is 32.8. The second-order valence-corrected chi connectivity index (χ2v) is 13.4. The molecular weight excluding hydrogens is 657 g/mol. The predicted molar refractivity (Wildman–Crippen MR) is 224 cm³/mol. The summed E-state index contributed by atoms with van der Waals surface area (Å²) in [6.07, 6.45) is 2.02. The van der Waals surface area contributed by atoms with Crippen LogP contribution in [0.5, 0.6) is 5.75 Å². The molecule has 0 saturated carbocycles. The van der Waals surface area contributed by atoms with Crippen molar-refractivity contribution >= 4 is 10.9 Å². The van der Waals surface area contributed by atoms with Gasteiger partial charge in [-0.2, -0.15) is 0 Å². The number of aromatic nitrogens is 2. The second-order valence-electron chi connectivity index (χ2n) is 13.4. The van der Waals surface area contributed by atoms with Gasteiger partial charge in [0, 0.05) is 28.3 Å². The van der Waals surface area contributed by atoms with Gasteiger partial charge in [-0.15, -0.1) is 0 Å². The Labute approximate surface area is 315 Å². The van der Waals surface area contributed by atoms with Crippen LogP contribution in [0.2, 0.25) is 0 Å². The number of ether oxygens (including phenoxy) is 1. The topological polar surface area (TPSA) is 35.0 Å². The first-order valence-corrected chi connectivity index (χ1v) is 18.2. The molecule has 0 aliphatic carbocycles. The molecule has 9 aromatic rings. The van der Waals surface area contributed by atoms with Crippen molar-refractivity contribution in [2.24, 2.45) is 0 Å². The fraction of sp³-hybridized carbons (Fsp3) is 0.0196.